The van der Waals surface area contributed by atoms with Crippen molar-refractivity contribution in [2.45, 2.75) is 104 Å². The molecule has 6 heteroatoms. The topological polar surface area (TPSA) is 64.5 Å². The number of hydrogen-bond acceptors (Lipinski definition) is 4. The molecule has 2 rings (SSSR count). The summed E-state index contributed by atoms with van der Waals surface area (Å²) in [6, 6.07) is 5.45. The van der Waals surface area contributed by atoms with Gasteiger partial charge in [0.15, 0.2) is 0 Å². The predicted octanol–water partition coefficient (Wildman–Crippen LogP) is 8.78. The molecule has 0 aromatic heterocycles. The first-order valence-electron chi connectivity index (χ1n) is 12.8. The van der Waals surface area contributed by atoms with Crippen LogP contribution in [0.1, 0.15) is 104 Å². The molecule has 0 atom stereocenters. The summed E-state index contributed by atoms with van der Waals surface area (Å²) < 4.78 is 0. The number of allylic oxidation sites excluding steroid dienone is 4. The first-order valence-corrected chi connectivity index (χ1v) is 13.5. The Morgan fingerprint density at radius 2 is 1.57 bits per heavy atom. The Kier molecular flexibility index (Phi) is 21.5. The van der Waals surface area contributed by atoms with E-state index in [2.05, 4.69) is 41.5 Å². The number of carboxylic acids is 1. The van der Waals surface area contributed by atoms with Crippen molar-refractivity contribution in [1.29, 1.82) is 0 Å². The Labute approximate surface area is 223 Å². The van der Waals surface area contributed by atoms with Gasteiger partial charge in [-0.2, -0.15) is 0 Å². The Hall–Kier alpha value is -1.78. The van der Waals surface area contributed by atoms with E-state index in [1.165, 1.54) is 38.5 Å². The number of para-hydroxylation sites is 1. The van der Waals surface area contributed by atoms with E-state index < -0.39 is 5.97 Å². The van der Waals surface area contributed by atoms with E-state index in [1.807, 2.05) is 18.2 Å². The quantitative estimate of drug-likeness (QED) is 0.184. The van der Waals surface area contributed by atoms with Crippen LogP contribution in [0, 0.1) is 0 Å². The van der Waals surface area contributed by atoms with E-state index in [9.17, 15) is 9.90 Å². The van der Waals surface area contributed by atoms with E-state index >= 15 is 0 Å². The smallest absolute Gasteiger partial charge is 0.101 e. The molecule has 0 aliphatic carbocycles. The third kappa shape index (κ3) is 18.2. The lowest BCUT2D eigenvalue weighted by Crippen LogP contribution is -2.21. The second-order valence-corrected chi connectivity index (χ2v) is 9.32. The van der Waals surface area contributed by atoms with Crippen LogP contribution < -0.4 is 10.4 Å². The molecule has 35 heavy (non-hydrogen) atoms. The number of benzene rings is 1. The largest absolute Gasteiger partial charge is 0.550 e. The molecule has 1 aromatic rings. The van der Waals surface area contributed by atoms with Crippen molar-refractivity contribution in [1.82, 2.24) is 0 Å². The Morgan fingerprint density at radius 3 is 2.14 bits per heavy atom. The van der Waals surface area contributed by atoms with Gasteiger partial charge in [0.2, 0.25) is 0 Å². The molecule has 0 saturated carbocycles. The molecule has 1 aliphatic rings. The number of nitrogens with one attached hydrogen (secondary N) is 1. The number of anilines is 1. The molecule has 0 unspecified atom stereocenters. The van der Waals surface area contributed by atoms with Crippen molar-refractivity contribution in [2.24, 2.45) is 4.99 Å². The number of carboxylic acid groups (broad SMARTS) is 1. The number of unbranched alkanes of at least 4 members (excludes halogenated alkanes) is 8. The summed E-state index contributed by atoms with van der Waals surface area (Å²) in [6.45, 7) is 3.13. The maximum atomic E-state index is 10.2. The van der Waals surface area contributed by atoms with Crippen molar-refractivity contribution < 1.29 is 9.90 Å². The summed E-state index contributed by atoms with van der Waals surface area (Å²) in [4.78, 5) is 14.5. The summed E-state index contributed by atoms with van der Waals surface area (Å²) >= 11 is 12.0. The van der Waals surface area contributed by atoms with Crippen molar-refractivity contribution in [3.05, 3.63) is 52.5 Å². The van der Waals surface area contributed by atoms with Crippen LogP contribution in [0.3, 0.4) is 0 Å². The maximum absolute atomic E-state index is 10.2. The monoisotopic (exact) mass is 523 g/mol. The first kappa shape index (κ1) is 33.2. The van der Waals surface area contributed by atoms with Crippen LogP contribution in [-0.2, 0) is 4.79 Å². The van der Waals surface area contributed by atoms with Crippen LogP contribution in [0.4, 0.5) is 5.69 Å². The highest BCUT2D eigenvalue weighted by Gasteiger charge is 2.10. The minimum absolute atomic E-state index is 0. The van der Waals surface area contributed by atoms with E-state index in [-0.39, 0.29) is 13.8 Å². The molecule has 1 aliphatic heterocycles. The molecule has 0 spiro atoms. The minimum Gasteiger partial charge on any atom is -0.550 e. The molecule has 0 bridgehead atoms. The van der Waals surface area contributed by atoms with Crippen LogP contribution >= 0.6 is 23.2 Å². The van der Waals surface area contributed by atoms with Gasteiger partial charge in [-0.05, 0) is 63.5 Å². The maximum Gasteiger partial charge on any atom is 0.101 e. The van der Waals surface area contributed by atoms with Crippen LogP contribution in [0.25, 0.3) is 0 Å². The number of nitrogens with zero attached hydrogens (tertiary/aromatic N) is 1. The summed E-state index contributed by atoms with van der Waals surface area (Å²) in [5, 5.41) is 14.6. The molecule has 0 saturated heterocycles. The van der Waals surface area contributed by atoms with Gasteiger partial charge in [-0.1, -0.05) is 100 Å². The van der Waals surface area contributed by atoms with E-state index in [0.717, 1.165) is 63.0 Å². The molecule has 1 aromatic carbocycles. The highest BCUT2D eigenvalue weighted by Crippen LogP contribution is 2.30. The third-order valence-electron chi connectivity index (χ3n) is 5.44. The molecule has 0 amide bonds. The Bertz CT molecular complexity index is 756. The summed E-state index contributed by atoms with van der Waals surface area (Å²) in [5.41, 5.74) is 0.761. The molecule has 1 N–H and O–H groups in total. The standard InChI is InChI=1S/C18H32O2.C10H10Cl2N2.CH4/c1-2-3-4-5-6-7-8-9-10-11-12-13-14-15-16-17-18(19)20;11-7-3-1-4-8(12)10(7)14-9-5-2-6-13-9;/h6-7,9-10H,2-5,8,11-17H2,1H3,(H,19,20);1,3-4H,2,5-6H2,(H,13,14);1H4/p-1/b7-6-,10-9-;;. The summed E-state index contributed by atoms with van der Waals surface area (Å²) in [5.74, 6) is 0.0516. The van der Waals surface area contributed by atoms with Gasteiger partial charge in [0, 0.05) is 18.9 Å². The second-order valence-electron chi connectivity index (χ2n) is 8.51. The number of halogens is 2. The van der Waals surface area contributed by atoms with Gasteiger partial charge in [-0.25, -0.2) is 0 Å². The van der Waals surface area contributed by atoms with E-state index in [0.29, 0.717) is 10.0 Å². The second kappa shape index (κ2) is 22.7. The minimum atomic E-state index is -0.921. The predicted molar refractivity (Wildman–Crippen MR) is 153 cm³/mol. The highest BCUT2D eigenvalue weighted by molar-refractivity contribution is 6.39. The van der Waals surface area contributed by atoms with Gasteiger partial charge >= 0.3 is 0 Å². The number of hydrogen-bond donors (Lipinski definition) is 1. The third-order valence-corrected chi connectivity index (χ3v) is 6.07. The molecule has 0 radical (unpaired) electrons. The number of carbonyl (C=O) groups excluding carboxylic acids is 1. The highest BCUT2D eigenvalue weighted by atomic mass is 35.5. The normalized spacial score (nSPS) is 12.8. The van der Waals surface area contributed by atoms with Crippen LogP contribution in [0.5, 0.6) is 0 Å². The van der Waals surface area contributed by atoms with Gasteiger partial charge in [-0.15, -0.1) is 0 Å². The average molecular weight is 525 g/mol. The van der Waals surface area contributed by atoms with E-state index in [4.69, 9.17) is 23.2 Å². The molecule has 4 nitrogen and oxygen atoms in total. The summed E-state index contributed by atoms with van der Waals surface area (Å²) in [6.07, 6.45) is 24.0. The van der Waals surface area contributed by atoms with Gasteiger partial charge in [0.25, 0.3) is 0 Å². The fourth-order valence-corrected chi connectivity index (χ4v) is 3.98. The molecular weight excluding hydrogens is 479 g/mol. The van der Waals surface area contributed by atoms with Gasteiger partial charge in [0.05, 0.1) is 15.7 Å². The number of carbonyl (C=O) groups is 1. The van der Waals surface area contributed by atoms with Gasteiger partial charge in [0.1, 0.15) is 5.84 Å². The molecule has 198 valence electrons. The van der Waals surface area contributed by atoms with Crippen molar-refractivity contribution in [3.63, 3.8) is 0 Å². The average Bonchev–Trinajstić information content (AvgIpc) is 3.33. The van der Waals surface area contributed by atoms with Crippen LogP contribution in [-0.4, -0.2) is 18.3 Å². The van der Waals surface area contributed by atoms with Gasteiger partial charge in [-0.3, -0.25) is 4.99 Å². The summed E-state index contributed by atoms with van der Waals surface area (Å²) in [7, 11) is 0. The van der Waals surface area contributed by atoms with Crippen molar-refractivity contribution in [3.8, 4) is 0 Å². The Balaban J connectivity index is 0.000000674. The zero-order chi connectivity index (χ0) is 24.9. The fraction of sp³-hybridized carbons (Fsp3) is 0.586. The number of aliphatic imine (C=N–C) groups is 1. The lowest BCUT2D eigenvalue weighted by Gasteiger charge is -2.09. The number of amidine groups is 1. The van der Waals surface area contributed by atoms with Crippen LogP contribution in [0.15, 0.2) is 47.5 Å². The van der Waals surface area contributed by atoms with Gasteiger partial charge < -0.3 is 15.2 Å². The molecular formula is C29H45Cl2N2O2-. The lowest BCUT2D eigenvalue weighted by molar-refractivity contribution is -0.305. The lowest BCUT2D eigenvalue weighted by atomic mass is 10.1. The SMILES string of the molecule is C.CCCCC/C=C\C/C=C\CCCCCCCC(=O)[O-].Clc1cccc(Cl)c1NC1=NCCC1. The Morgan fingerprint density at radius 1 is 0.971 bits per heavy atom. The molecule has 1 heterocycles. The van der Waals surface area contributed by atoms with Crippen LogP contribution in [0.2, 0.25) is 10.0 Å². The molecule has 0 fully saturated rings. The van der Waals surface area contributed by atoms with Crippen molar-refractivity contribution >= 4 is 40.7 Å². The zero-order valence-electron chi connectivity index (χ0n) is 20.7. The zero-order valence-corrected chi connectivity index (χ0v) is 22.2. The number of aliphatic carboxylic acids is 1. The first-order chi connectivity index (χ1) is 16.5. The number of rotatable bonds is 15. The van der Waals surface area contributed by atoms with Crippen molar-refractivity contribution in [2.75, 3.05) is 11.9 Å². The fourth-order valence-electron chi connectivity index (χ4n) is 3.48. The van der Waals surface area contributed by atoms with E-state index in [1.54, 1.807) is 0 Å².